The number of benzene rings is 2. The highest BCUT2D eigenvalue weighted by atomic mass is 32.1. The van der Waals surface area contributed by atoms with Crippen molar-refractivity contribution in [3.8, 4) is 0 Å². The second kappa shape index (κ2) is 9.77. The van der Waals surface area contributed by atoms with Gasteiger partial charge in [-0.15, -0.1) is 11.3 Å². The van der Waals surface area contributed by atoms with Crippen LogP contribution in [0.5, 0.6) is 0 Å². The van der Waals surface area contributed by atoms with Crippen LogP contribution < -0.4 is 5.69 Å². The van der Waals surface area contributed by atoms with E-state index in [1.54, 1.807) is 47.9 Å². The quantitative estimate of drug-likeness (QED) is 0.313. The molecular formula is C24H20N4O2S. The van der Waals surface area contributed by atoms with Crippen LogP contribution in [0.25, 0.3) is 6.08 Å². The van der Waals surface area contributed by atoms with Crippen LogP contribution in [-0.2, 0) is 13.0 Å². The Labute approximate surface area is 183 Å². The number of nitrogens with zero attached hydrogens (tertiary/aromatic N) is 4. The molecule has 0 radical (unpaired) electrons. The van der Waals surface area contributed by atoms with E-state index in [1.807, 2.05) is 60.0 Å². The Morgan fingerprint density at radius 3 is 2.45 bits per heavy atom. The lowest BCUT2D eigenvalue weighted by molar-refractivity contribution is 0.0966. The number of aromatic nitrogens is 3. The molecule has 0 fully saturated rings. The first-order valence-electron chi connectivity index (χ1n) is 9.76. The zero-order valence-corrected chi connectivity index (χ0v) is 17.5. The van der Waals surface area contributed by atoms with Gasteiger partial charge in [0, 0.05) is 23.1 Å². The highest BCUT2D eigenvalue weighted by molar-refractivity contribution is 7.09. The third-order valence-corrected chi connectivity index (χ3v) is 5.42. The number of Topliss-reactive ketones (excluding diaryl/α,β-unsaturated/α-hetero) is 1. The van der Waals surface area contributed by atoms with E-state index in [4.69, 9.17) is 0 Å². The van der Waals surface area contributed by atoms with Gasteiger partial charge in [0.25, 0.3) is 0 Å². The molecule has 154 valence electrons. The Kier molecular flexibility index (Phi) is 6.44. The van der Waals surface area contributed by atoms with Gasteiger partial charge in [0.1, 0.15) is 6.54 Å². The molecule has 0 aliphatic heterocycles. The average molecular weight is 429 g/mol. The number of ketones is 1. The maximum atomic E-state index is 12.9. The van der Waals surface area contributed by atoms with E-state index >= 15 is 0 Å². The van der Waals surface area contributed by atoms with E-state index in [-0.39, 0.29) is 12.3 Å². The predicted molar refractivity (Wildman–Crippen MR) is 124 cm³/mol. The van der Waals surface area contributed by atoms with Crippen LogP contribution in [0.1, 0.15) is 26.6 Å². The van der Waals surface area contributed by atoms with E-state index in [9.17, 15) is 9.59 Å². The lowest BCUT2D eigenvalue weighted by Crippen LogP contribution is -2.26. The summed E-state index contributed by atoms with van der Waals surface area (Å²) in [5.74, 6) is 0.306. The van der Waals surface area contributed by atoms with Crippen molar-refractivity contribution < 1.29 is 4.79 Å². The second-order valence-corrected chi connectivity index (χ2v) is 7.78. The Hall–Kier alpha value is -3.84. The molecule has 0 spiro atoms. The molecule has 0 atom stereocenters. The average Bonchev–Trinajstić information content (AvgIpc) is 3.41. The maximum Gasteiger partial charge on any atom is 0.367 e. The molecule has 0 aliphatic carbocycles. The minimum absolute atomic E-state index is 0.136. The normalized spacial score (nSPS) is 11.5. The molecule has 7 heteroatoms. The van der Waals surface area contributed by atoms with Crippen molar-refractivity contribution in [3.05, 3.63) is 117 Å². The fraction of sp³-hybridized carbons (Fsp3) is 0.0833. The summed E-state index contributed by atoms with van der Waals surface area (Å²) in [5, 5.41) is 10.7. The molecule has 0 aliphatic rings. The summed E-state index contributed by atoms with van der Waals surface area (Å²) in [5.41, 5.74) is 1.13. The summed E-state index contributed by atoms with van der Waals surface area (Å²) in [7, 11) is 0. The van der Waals surface area contributed by atoms with Gasteiger partial charge in [-0.05, 0) is 23.1 Å². The number of rotatable bonds is 8. The molecule has 2 heterocycles. The fourth-order valence-corrected chi connectivity index (χ4v) is 3.72. The highest BCUT2D eigenvalue weighted by Crippen LogP contribution is 2.13. The molecule has 4 aromatic rings. The third-order valence-electron chi connectivity index (χ3n) is 4.54. The van der Waals surface area contributed by atoms with Gasteiger partial charge in [0.2, 0.25) is 0 Å². The monoisotopic (exact) mass is 428 g/mol. The van der Waals surface area contributed by atoms with Gasteiger partial charge in [-0.2, -0.15) is 14.9 Å². The van der Waals surface area contributed by atoms with Crippen LogP contribution >= 0.6 is 11.3 Å². The Morgan fingerprint density at radius 1 is 1.00 bits per heavy atom. The molecule has 2 aromatic carbocycles. The lowest BCUT2D eigenvalue weighted by Gasteiger charge is -1.99. The molecule has 4 rings (SSSR count). The van der Waals surface area contributed by atoms with Crippen molar-refractivity contribution >= 4 is 29.4 Å². The zero-order chi connectivity index (χ0) is 21.5. The number of carbonyl (C=O) groups is 1. The van der Waals surface area contributed by atoms with Crippen LogP contribution in [-0.4, -0.2) is 26.5 Å². The number of hydrogen-bond acceptors (Lipinski definition) is 5. The summed E-state index contributed by atoms with van der Waals surface area (Å²) in [4.78, 5) is 26.5. The first kappa shape index (κ1) is 20.4. The summed E-state index contributed by atoms with van der Waals surface area (Å²) < 4.78 is 2.43. The first-order valence-corrected chi connectivity index (χ1v) is 10.6. The van der Waals surface area contributed by atoms with Crippen LogP contribution in [0, 0.1) is 0 Å². The zero-order valence-electron chi connectivity index (χ0n) is 16.7. The van der Waals surface area contributed by atoms with Crippen LogP contribution in [0.3, 0.4) is 0 Å². The van der Waals surface area contributed by atoms with E-state index in [0.29, 0.717) is 17.8 Å². The van der Waals surface area contributed by atoms with Gasteiger partial charge >= 0.3 is 5.69 Å². The van der Waals surface area contributed by atoms with E-state index in [2.05, 4.69) is 10.2 Å². The first-order chi connectivity index (χ1) is 15.2. The molecule has 0 saturated heterocycles. The summed E-state index contributed by atoms with van der Waals surface area (Å²) in [6, 6.07) is 22.6. The Morgan fingerprint density at radius 2 is 1.74 bits per heavy atom. The van der Waals surface area contributed by atoms with Gasteiger partial charge in [-0.3, -0.25) is 4.79 Å². The minimum atomic E-state index is -0.444. The van der Waals surface area contributed by atoms with Crippen molar-refractivity contribution in [2.75, 3.05) is 0 Å². The maximum absolute atomic E-state index is 12.9. The van der Waals surface area contributed by atoms with Crippen molar-refractivity contribution in [2.45, 2.75) is 13.0 Å². The van der Waals surface area contributed by atoms with E-state index in [1.165, 1.54) is 9.36 Å². The van der Waals surface area contributed by atoms with Crippen LogP contribution in [0.2, 0.25) is 0 Å². The molecular weight excluding hydrogens is 408 g/mol. The smallest absolute Gasteiger partial charge is 0.292 e. The highest BCUT2D eigenvalue weighted by Gasteiger charge is 2.16. The molecule has 0 unspecified atom stereocenters. The number of carbonyl (C=O) groups excluding carboxylic acids is 1. The summed E-state index contributed by atoms with van der Waals surface area (Å²) in [6.07, 6.45) is 5.68. The molecule has 2 aromatic heterocycles. The van der Waals surface area contributed by atoms with E-state index in [0.717, 1.165) is 10.4 Å². The molecule has 31 heavy (non-hydrogen) atoms. The summed E-state index contributed by atoms with van der Waals surface area (Å²) in [6.45, 7) is -0.136. The Balaban J connectivity index is 1.60. The number of allylic oxidation sites excluding steroid dienone is 1. The van der Waals surface area contributed by atoms with Gasteiger partial charge in [0.05, 0.1) is 0 Å². The predicted octanol–water partition coefficient (Wildman–Crippen LogP) is 4.13. The van der Waals surface area contributed by atoms with E-state index < -0.39 is 5.69 Å². The van der Waals surface area contributed by atoms with Crippen molar-refractivity contribution in [1.82, 2.24) is 14.5 Å². The fourth-order valence-electron chi connectivity index (χ4n) is 3.02. The molecule has 0 N–H and O–H groups in total. The minimum Gasteiger partial charge on any atom is -0.292 e. The van der Waals surface area contributed by atoms with Gasteiger partial charge in [0.15, 0.2) is 11.6 Å². The topological polar surface area (TPSA) is 69.2 Å². The van der Waals surface area contributed by atoms with Crippen molar-refractivity contribution in [3.63, 3.8) is 0 Å². The standard InChI is InChI=1S/C24H20N4O2S/c29-22(20-12-5-2-6-13-20)18-27-24(30)28(23(26-27)17-21-14-8-16-31-21)25-15-7-11-19-9-3-1-4-10-19/h1-16H,17-18H2. The van der Waals surface area contributed by atoms with Gasteiger partial charge in [-0.25, -0.2) is 9.48 Å². The lowest BCUT2D eigenvalue weighted by atomic mass is 10.1. The number of thiophene rings is 1. The number of hydrogen-bond donors (Lipinski definition) is 0. The molecule has 6 nitrogen and oxygen atoms in total. The largest absolute Gasteiger partial charge is 0.367 e. The van der Waals surface area contributed by atoms with Gasteiger partial charge in [-0.1, -0.05) is 72.8 Å². The second-order valence-electron chi connectivity index (χ2n) is 6.75. The van der Waals surface area contributed by atoms with Crippen LogP contribution in [0.4, 0.5) is 0 Å². The third kappa shape index (κ3) is 5.21. The summed E-state index contributed by atoms with van der Waals surface area (Å²) >= 11 is 1.58. The Bertz CT molecular complexity index is 1250. The molecule has 0 saturated carbocycles. The van der Waals surface area contributed by atoms with Crippen molar-refractivity contribution in [1.29, 1.82) is 0 Å². The van der Waals surface area contributed by atoms with Crippen LogP contribution in [0.15, 0.2) is 94.1 Å². The van der Waals surface area contributed by atoms with Gasteiger partial charge < -0.3 is 0 Å². The van der Waals surface area contributed by atoms with Crippen molar-refractivity contribution in [2.24, 2.45) is 5.10 Å². The molecule has 0 amide bonds. The molecule has 0 bridgehead atoms. The SMILES string of the molecule is O=C(Cn1nc(Cc2cccs2)n(N=CC=Cc2ccccc2)c1=O)c1ccccc1.